The molecule has 84 valence electrons. The number of allylic oxidation sites excluding steroid dienone is 3. The van der Waals surface area contributed by atoms with Crippen molar-refractivity contribution < 1.29 is 0 Å². The zero-order valence-corrected chi connectivity index (χ0v) is 10.5. The van der Waals surface area contributed by atoms with Gasteiger partial charge in [-0.05, 0) is 49.0 Å². The van der Waals surface area contributed by atoms with Gasteiger partial charge in [0.05, 0.1) is 0 Å². The van der Waals surface area contributed by atoms with Crippen LogP contribution in [0.2, 0.25) is 0 Å². The Kier molecular flexibility index (Phi) is 2.79. The van der Waals surface area contributed by atoms with Gasteiger partial charge in [0.2, 0.25) is 0 Å². The van der Waals surface area contributed by atoms with Crippen molar-refractivity contribution in [2.45, 2.75) is 52.9 Å². The summed E-state index contributed by atoms with van der Waals surface area (Å²) in [6.45, 7) is 11.2. The van der Waals surface area contributed by atoms with Crippen molar-refractivity contribution in [3.05, 3.63) is 23.8 Å². The fraction of sp³-hybridized carbons (Fsp3) is 0.733. The maximum absolute atomic E-state index is 4.10. The molecule has 0 radical (unpaired) electrons. The molecule has 0 aliphatic heterocycles. The summed E-state index contributed by atoms with van der Waals surface area (Å²) in [6.07, 6.45) is 9.47. The summed E-state index contributed by atoms with van der Waals surface area (Å²) in [5.74, 6) is 1.69. The molecule has 0 heterocycles. The maximum atomic E-state index is 4.10. The van der Waals surface area contributed by atoms with E-state index >= 15 is 0 Å². The third-order valence-corrected chi connectivity index (χ3v) is 4.72. The number of fused-ring (bicyclic) bond motifs is 1. The summed E-state index contributed by atoms with van der Waals surface area (Å²) in [4.78, 5) is 0. The number of hydrogen-bond acceptors (Lipinski definition) is 0. The van der Waals surface area contributed by atoms with E-state index in [0.717, 1.165) is 11.8 Å². The quantitative estimate of drug-likeness (QED) is 0.579. The molecule has 2 aliphatic rings. The van der Waals surface area contributed by atoms with E-state index in [9.17, 15) is 0 Å². The smallest absolute Gasteiger partial charge is 0.0148 e. The lowest BCUT2D eigenvalue weighted by Gasteiger charge is -2.47. The van der Waals surface area contributed by atoms with Crippen molar-refractivity contribution in [2.24, 2.45) is 17.3 Å². The van der Waals surface area contributed by atoms with Crippen molar-refractivity contribution in [3.8, 4) is 0 Å². The van der Waals surface area contributed by atoms with E-state index in [4.69, 9.17) is 0 Å². The van der Waals surface area contributed by atoms with Crippen molar-refractivity contribution in [2.75, 3.05) is 0 Å². The summed E-state index contributed by atoms with van der Waals surface area (Å²) in [5, 5.41) is 0. The zero-order valence-electron chi connectivity index (χ0n) is 10.5. The number of hydrogen-bond donors (Lipinski definition) is 0. The summed E-state index contributed by atoms with van der Waals surface area (Å²) < 4.78 is 0. The van der Waals surface area contributed by atoms with E-state index in [1.807, 2.05) is 0 Å². The Balaban J connectivity index is 2.28. The number of rotatable bonds is 1. The molecule has 1 saturated carbocycles. The average molecular weight is 204 g/mol. The van der Waals surface area contributed by atoms with Gasteiger partial charge in [0.1, 0.15) is 0 Å². The van der Waals surface area contributed by atoms with Gasteiger partial charge < -0.3 is 0 Å². The van der Waals surface area contributed by atoms with Crippen molar-refractivity contribution in [1.82, 2.24) is 0 Å². The van der Waals surface area contributed by atoms with Crippen LogP contribution in [0.5, 0.6) is 0 Å². The highest BCUT2D eigenvalue weighted by Gasteiger charge is 2.41. The van der Waals surface area contributed by atoms with Gasteiger partial charge in [-0.3, -0.25) is 0 Å². The minimum Gasteiger partial charge on any atom is -0.0958 e. The van der Waals surface area contributed by atoms with Crippen LogP contribution in [0.4, 0.5) is 0 Å². The van der Waals surface area contributed by atoms with Crippen molar-refractivity contribution >= 4 is 0 Å². The van der Waals surface area contributed by atoms with E-state index in [2.05, 4.69) is 33.4 Å². The van der Waals surface area contributed by atoms with Crippen LogP contribution in [0.25, 0.3) is 0 Å². The highest BCUT2D eigenvalue weighted by molar-refractivity contribution is 5.30. The molecule has 0 aromatic carbocycles. The molecule has 15 heavy (non-hydrogen) atoms. The Morgan fingerprint density at radius 3 is 2.87 bits per heavy atom. The Labute approximate surface area is 94.5 Å². The first-order valence-electron chi connectivity index (χ1n) is 6.39. The molecule has 0 heteroatoms. The van der Waals surface area contributed by atoms with Gasteiger partial charge in [-0.1, -0.05) is 44.9 Å². The molecule has 2 aliphatic carbocycles. The van der Waals surface area contributed by atoms with E-state index in [-0.39, 0.29) is 0 Å². The molecule has 3 unspecified atom stereocenters. The van der Waals surface area contributed by atoms with Crippen LogP contribution in [-0.4, -0.2) is 0 Å². The fourth-order valence-electron chi connectivity index (χ4n) is 3.59. The predicted molar refractivity (Wildman–Crippen MR) is 66.7 cm³/mol. The monoisotopic (exact) mass is 204 g/mol. The molecule has 1 fully saturated rings. The zero-order chi connectivity index (χ0) is 11.1. The molecule has 2 rings (SSSR count). The highest BCUT2D eigenvalue weighted by atomic mass is 14.5. The third-order valence-electron chi connectivity index (χ3n) is 4.72. The minimum atomic E-state index is 0.594. The topological polar surface area (TPSA) is 0 Å². The summed E-state index contributed by atoms with van der Waals surface area (Å²) in [5.41, 5.74) is 3.41. The highest BCUT2D eigenvalue weighted by Crippen LogP contribution is 2.51. The first-order chi connectivity index (χ1) is 7.03. The lowest BCUT2D eigenvalue weighted by molar-refractivity contribution is 0.0838. The van der Waals surface area contributed by atoms with E-state index < -0.39 is 0 Å². The second kappa shape index (κ2) is 3.81. The average Bonchev–Trinajstić information content (AvgIpc) is 2.17. The SMILES string of the molecule is C=C(C)C1=CC2C(C)CCCC2(C)CC1. The van der Waals surface area contributed by atoms with Gasteiger partial charge in [0.25, 0.3) is 0 Å². The second-order valence-corrected chi connectivity index (χ2v) is 6.02. The van der Waals surface area contributed by atoms with Crippen LogP contribution in [-0.2, 0) is 0 Å². The van der Waals surface area contributed by atoms with Crippen molar-refractivity contribution in [1.29, 1.82) is 0 Å². The summed E-state index contributed by atoms with van der Waals surface area (Å²) in [7, 11) is 0. The van der Waals surface area contributed by atoms with Gasteiger partial charge in [0, 0.05) is 0 Å². The van der Waals surface area contributed by atoms with E-state index in [0.29, 0.717) is 5.41 Å². The van der Waals surface area contributed by atoms with Gasteiger partial charge in [-0.25, -0.2) is 0 Å². The Morgan fingerprint density at radius 2 is 2.20 bits per heavy atom. The fourth-order valence-corrected chi connectivity index (χ4v) is 3.59. The van der Waals surface area contributed by atoms with Crippen molar-refractivity contribution in [3.63, 3.8) is 0 Å². The van der Waals surface area contributed by atoms with Crippen LogP contribution < -0.4 is 0 Å². The first kappa shape index (κ1) is 11.0. The van der Waals surface area contributed by atoms with Crippen LogP contribution in [0.1, 0.15) is 52.9 Å². The van der Waals surface area contributed by atoms with Crippen LogP contribution in [0, 0.1) is 17.3 Å². The molecule has 0 N–H and O–H groups in total. The largest absolute Gasteiger partial charge is 0.0958 e. The second-order valence-electron chi connectivity index (χ2n) is 6.02. The lowest BCUT2D eigenvalue weighted by Crippen LogP contribution is -2.37. The Hall–Kier alpha value is -0.520. The van der Waals surface area contributed by atoms with Gasteiger partial charge >= 0.3 is 0 Å². The van der Waals surface area contributed by atoms with Gasteiger partial charge in [0.15, 0.2) is 0 Å². The maximum Gasteiger partial charge on any atom is -0.0148 e. The summed E-state index contributed by atoms with van der Waals surface area (Å²) in [6, 6.07) is 0. The van der Waals surface area contributed by atoms with E-state index in [1.54, 1.807) is 0 Å². The predicted octanol–water partition coefficient (Wildman–Crippen LogP) is 4.73. The molecule has 0 nitrogen and oxygen atoms in total. The molecule has 0 bridgehead atoms. The molecule has 0 amide bonds. The normalized spacial score (nSPS) is 40.6. The molecule has 0 aromatic rings. The lowest BCUT2D eigenvalue weighted by atomic mass is 9.58. The molecule has 3 atom stereocenters. The van der Waals surface area contributed by atoms with Crippen LogP contribution in [0.15, 0.2) is 23.8 Å². The summed E-state index contributed by atoms with van der Waals surface area (Å²) >= 11 is 0. The van der Waals surface area contributed by atoms with Crippen LogP contribution in [0.3, 0.4) is 0 Å². The van der Waals surface area contributed by atoms with Gasteiger partial charge in [-0.2, -0.15) is 0 Å². The Bertz CT molecular complexity index is 297. The molecule has 0 aromatic heterocycles. The molecule has 0 saturated heterocycles. The third kappa shape index (κ3) is 1.91. The standard InChI is InChI=1S/C15H24/c1-11(2)13-7-9-15(4)8-5-6-12(3)14(15)10-13/h10,12,14H,1,5-9H2,2-4H3. The molecular formula is C15H24. The minimum absolute atomic E-state index is 0.594. The first-order valence-corrected chi connectivity index (χ1v) is 6.39. The van der Waals surface area contributed by atoms with Crippen LogP contribution >= 0.6 is 0 Å². The Morgan fingerprint density at radius 1 is 1.47 bits per heavy atom. The molecular weight excluding hydrogens is 180 g/mol. The van der Waals surface area contributed by atoms with E-state index in [1.165, 1.54) is 43.3 Å². The molecule has 0 spiro atoms. The van der Waals surface area contributed by atoms with Gasteiger partial charge in [-0.15, -0.1) is 0 Å².